The van der Waals surface area contributed by atoms with Crippen molar-refractivity contribution in [1.82, 2.24) is 4.90 Å². The van der Waals surface area contributed by atoms with Crippen LogP contribution >= 0.6 is 0 Å². The van der Waals surface area contributed by atoms with Gasteiger partial charge in [0.15, 0.2) is 0 Å². The average molecular weight is 344 g/mol. The highest BCUT2D eigenvalue weighted by molar-refractivity contribution is 5.57. The number of methoxy groups -OCH3 is 1. The Morgan fingerprint density at radius 1 is 1.12 bits per heavy atom. The van der Waals surface area contributed by atoms with Crippen molar-refractivity contribution in [2.75, 3.05) is 27.7 Å². The molecule has 2 fully saturated rings. The highest BCUT2D eigenvalue weighted by atomic mass is 16.5. The molecule has 0 amide bonds. The Labute approximate surface area is 152 Å². The largest absolute Gasteiger partial charge is 0.497 e. The van der Waals surface area contributed by atoms with Crippen LogP contribution in [0.15, 0.2) is 29.8 Å². The molecule has 25 heavy (non-hydrogen) atoms. The van der Waals surface area contributed by atoms with Crippen molar-refractivity contribution < 1.29 is 9.84 Å². The lowest BCUT2D eigenvalue weighted by Crippen LogP contribution is -2.51. The molecule has 2 aliphatic carbocycles. The zero-order valence-corrected chi connectivity index (χ0v) is 16.0. The van der Waals surface area contributed by atoms with Crippen LogP contribution in [0.1, 0.15) is 50.5 Å². The Morgan fingerprint density at radius 2 is 1.80 bits per heavy atom. The molecule has 1 aromatic rings. The van der Waals surface area contributed by atoms with E-state index >= 15 is 0 Å². The van der Waals surface area contributed by atoms with Gasteiger partial charge in [0.2, 0.25) is 0 Å². The van der Waals surface area contributed by atoms with Gasteiger partial charge in [-0.25, -0.2) is 0 Å². The quantitative estimate of drug-likeness (QED) is 0.862. The molecule has 0 heterocycles. The summed E-state index contributed by atoms with van der Waals surface area (Å²) >= 11 is 0. The number of rotatable bonds is 5. The average Bonchev–Trinajstić information content (AvgIpc) is 3.14. The SMILES string of the molecule is COc1ccc(C=C2CCCC(CN(C)C)C2(O)C2CCCC2)cc1. The van der Waals surface area contributed by atoms with E-state index in [0.717, 1.165) is 30.7 Å². The smallest absolute Gasteiger partial charge is 0.118 e. The second kappa shape index (κ2) is 7.92. The standard InChI is InChI=1S/C22H33NO2/c1-23(2)16-20-10-6-9-19(22(20,24)18-7-4-5-8-18)15-17-11-13-21(25-3)14-12-17/h11-15,18,20,24H,4-10,16H2,1-3H3. The number of hydrogen-bond donors (Lipinski definition) is 1. The monoisotopic (exact) mass is 343 g/mol. The molecule has 1 N–H and O–H groups in total. The first-order valence-electron chi connectivity index (χ1n) is 9.76. The Balaban J connectivity index is 1.94. The maximum atomic E-state index is 12.0. The third-order valence-electron chi connectivity index (χ3n) is 6.16. The molecule has 2 aliphatic rings. The van der Waals surface area contributed by atoms with Gasteiger partial charge in [-0.05, 0) is 75.4 Å². The van der Waals surface area contributed by atoms with Crippen LogP contribution in [0.4, 0.5) is 0 Å². The minimum absolute atomic E-state index is 0.337. The van der Waals surface area contributed by atoms with Gasteiger partial charge in [0.1, 0.15) is 5.75 Å². The van der Waals surface area contributed by atoms with Gasteiger partial charge in [-0.2, -0.15) is 0 Å². The maximum absolute atomic E-state index is 12.0. The minimum Gasteiger partial charge on any atom is -0.497 e. The molecule has 2 atom stereocenters. The summed E-state index contributed by atoms with van der Waals surface area (Å²) in [4.78, 5) is 2.24. The highest BCUT2D eigenvalue weighted by Crippen LogP contribution is 2.49. The molecule has 138 valence electrons. The van der Waals surface area contributed by atoms with Gasteiger partial charge in [-0.3, -0.25) is 0 Å². The van der Waals surface area contributed by atoms with E-state index in [9.17, 15) is 5.11 Å². The van der Waals surface area contributed by atoms with E-state index < -0.39 is 5.60 Å². The van der Waals surface area contributed by atoms with Crippen LogP contribution in [0.5, 0.6) is 5.75 Å². The molecule has 2 saturated carbocycles. The lowest BCUT2D eigenvalue weighted by atomic mass is 9.64. The molecule has 0 saturated heterocycles. The Kier molecular flexibility index (Phi) is 5.85. The predicted molar refractivity (Wildman–Crippen MR) is 104 cm³/mol. The topological polar surface area (TPSA) is 32.7 Å². The molecule has 3 nitrogen and oxygen atoms in total. The van der Waals surface area contributed by atoms with Crippen molar-refractivity contribution in [2.45, 2.75) is 50.5 Å². The fourth-order valence-electron chi connectivity index (χ4n) is 4.94. The van der Waals surface area contributed by atoms with Crippen LogP contribution < -0.4 is 4.74 Å². The Morgan fingerprint density at radius 3 is 2.40 bits per heavy atom. The molecular weight excluding hydrogens is 310 g/mol. The van der Waals surface area contributed by atoms with Crippen LogP contribution in [0.2, 0.25) is 0 Å². The summed E-state index contributed by atoms with van der Waals surface area (Å²) < 4.78 is 5.27. The number of nitrogens with zero attached hydrogens (tertiary/aromatic N) is 1. The van der Waals surface area contributed by atoms with E-state index in [1.54, 1.807) is 7.11 Å². The summed E-state index contributed by atoms with van der Waals surface area (Å²) in [5.74, 6) is 1.63. The summed E-state index contributed by atoms with van der Waals surface area (Å²) in [6.07, 6.45) is 10.4. The molecule has 3 heteroatoms. The van der Waals surface area contributed by atoms with Gasteiger partial charge in [0, 0.05) is 12.5 Å². The normalized spacial score (nSPS) is 29.5. The fraction of sp³-hybridized carbons (Fsp3) is 0.636. The van der Waals surface area contributed by atoms with E-state index in [0.29, 0.717) is 11.8 Å². The zero-order chi connectivity index (χ0) is 17.9. The van der Waals surface area contributed by atoms with Crippen molar-refractivity contribution in [3.63, 3.8) is 0 Å². The fourth-order valence-corrected chi connectivity index (χ4v) is 4.94. The van der Waals surface area contributed by atoms with E-state index in [4.69, 9.17) is 4.74 Å². The summed E-state index contributed by atoms with van der Waals surface area (Å²) in [5.41, 5.74) is 1.78. The van der Waals surface area contributed by atoms with Gasteiger partial charge in [-0.1, -0.05) is 31.1 Å². The molecule has 0 aliphatic heterocycles. The van der Waals surface area contributed by atoms with E-state index in [-0.39, 0.29) is 0 Å². The predicted octanol–water partition coefficient (Wildman–Crippen LogP) is 4.36. The van der Waals surface area contributed by atoms with Gasteiger partial charge < -0.3 is 14.7 Å². The second-order valence-electron chi connectivity index (χ2n) is 8.10. The number of ether oxygens (including phenoxy) is 1. The molecule has 3 rings (SSSR count). The number of aliphatic hydroxyl groups is 1. The number of benzene rings is 1. The van der Waals surface area contributed by atoms with Crippen molar-refractivity contribution >= 4 is 6.08 Å². The van der Waals surface area contributed by atoms with E-state index in [1.165, 1.54) is 37.7 Å². The first-order chi connectivity index (χ1) is 12.0. The first-order valence-corrected chi connectivity index (χ1v) is 9.76. The van der Waals surface area contributed by atoms with Gasteiger partial charge in [0.05, 0.1) is 12.7 Å². The van der Waals surface area contributed by atoms with Gasteiger partial charge in [0.25, 0.3) is 0 Å². The van der Waals surface area contributed by atoms with Crippen LogP contribution in [0.3, 0.4) is 0 Å². The molecule has 0 spiro atoms. The van der Waals surface area contributed by atoms with Crippen LogP contribution in [0.25, 0.3) is 6.08 Å². The Hall–Kier alpha value is -1.32. The van der Waals surface area contributed by atoms with Crippen molar-refractivity contribution in [1.29, 1.82) is 0 Å². The molecular formula is C22H33NO2. The van der Waals surface area contributed by atoms with E-state index in [1.807, 2.05) is 12.1 Å². The summed E-state index contributed by atoms with van der Waals surface area (Å²) in [6, 6.07) is 8.19. The molecule has 0 radical (unpaired) electrons. The maximum Gasteiger partial charge on any atom is 0.118 e. The lowest BCUT2D eigenvalue weighted by Gasteiger charge is -2.47. The Bertz CT molecular complexity index is 587. The first kappa shape index (κ1) is 18.5. The molecule has 0 bridgehead atoms. The summed E-state index contributed by atoms with van der Waals surface area (Å²) in [6.45, 7) is 0.965. The minimum atomic E-state index is -0.640. The van der Waals surface area contributed by atoms with Crippen LogP contribution in [0, 0.1) is 11.8 Å². The van der Waals surface area contributed by atoms with Crippen LogP contribution in [-0.2, 0) is 0 Å². The number of hydrogen-bond acceptors (Lipinski definition) is 3. The zero-order valence-electron chi connectivity index (χ0n) is 16.0. The van der Waals surface area contributed by atoms with Crippen molar-refractivity contribution in [3.8, 4) is 5.75 Å². The van der Waals surface area contributed by atoms with Crippen molar-refractivity contribution in [3.05, 3.63) is 35.4 Å². The third kappa shape index (κ3) is 3.93. The molecule has 1 aromatic carbocycles. The highest BCUT2D eigenvalue weighted by Gasteiger charge is 2.48. The summed E-state index contributed by atoms with van der Waals surface area (Å²) in [7, 11) is 5.94. The molecule has 2 unspecified atom stereocenters. The van der Waals surface area contributed by atoms with Crippen molar-refractivity contribution in [2.24, 2.45) is 11.8 Å². The third-order valence-corrected chi connectivity index (χ3v) is 6.16. The van der Waals surface area contributed by atoms with E-state index in [2.05, 4.69) is 37.2 Å². The van der Waals surface area contributed by atoms with Gasteiger partial charge in [-0.15, -0.1) is 0 Å². The van der Waals surface area contributed by atoms with Crippen LogP contribution in [-0.4, -0.2) is 43.4 Å². The van der Waals surface area contributed by atoms with Gasteiger partial charge >= 0.3 is 0 Å². The lowest BCUT2D eigenvalue weighted by molar-refractivity contribution is -0.0581. The second-order valence-corrected chi connectivity index (χ2v) is 8.10. The summed E-state index contributed by atoms with van der Waals surface area (Å²) in [5, 5.41) is 12.0. The molecule has 0 aromatic heterocycles.